The molecule has 0 atom stereocenters. The summed E-state index contributed by atoms with van der Waals surface area (Å²) < 4.78 is 4.86. The van der Waals surface area contributed by atoms with Crippen molar-refractivity contribution in [2.45, 2.75) is 6.42 Å². The maximum Gasteiger partial charge on any atom is 0.269 e. The normalized spacial score (nSPS) is 10.2. The third-order valence-corrected chi connectivity index (χ3v) is 3.55. The van der Waals surface area contributed by atoms with Crippen LogP contribution >= 0.6 is 0 Å². The minimum absolute atomic E-state index is 0.0744. The lowest BCUT2D eigenvalue weighted by Gasteiger charge is -2.07. The fraction of sp³-hybridized carbons (Fsp3) is 0.222. The highest BCUT2D eigenvalue weighted by Crippen LogP contribution is 2.15. The number of hydrogen-bond acceptors (Lipinski definition) is 5. The van der Waals surface area contributed by atoms with Gasteiger partial charge in [-0.25, -0.2) is 0 Å². The molecule has 0 radical (unpaired) electrons. The van der Waals surface area contributed by atoms with Gasteiger partial charge in [0.2, 0.25) is 5.91 Å². The lowest BCUT2D eigenvalue weighted by Crippen LogP contribution is -2.28. The average molecular weight is 357 g/mol. The monoisotopic (exact) mass is 357 g/mol. The number of carbonyl (C=O) groups is 2. The molecule has 136 valence electrons. The van der Waals surface area contributed by atoms with E-state index >= 15 is 0 Å². The third-order valence-electron chi connectivity index (χ3n) is 3.55. The number of hydrogen-bond donors (Lipinski definition) is 2. The van der Waals surface area contributed by atoms with Gasteiger partial charge in [0.05, 0.1) is 18.0 Å². The van der Waals surface area contributed by atoms with Crippen LogP contribution in [0.25, 0.3) is 0 Å². The van der Waals surface area contributed by atoms with Gasteiger partial charge in [-0.2, -0.15) is 0 Å². The molecule has 0 saturated heterocycles. The molecule has 2 amide bonds. The summed E-state index contributed by atoms with van der Waals surface area (Å²) in [5.74, 6) is -0.477. The van der Waals surface area contributed by atoms with Gasteiger partial charge in [-0.15, -0.1) is 0 Å². The van der Waals surface area contributed by atoms with E-state index in [9.17, 15) is 19.7 Å². The number of nitrogens with zero attached hydrogens (tertiary/aromatic N) is 1. The average Bonchev–Trinajstić information content (AvgIpc) is 2.63. The first kappa shape index (κ1) is 19.1. The fourth-order valence-corrected chi connectivity index (χ4v) is 2.18. The van der Waals surface area contributed by atoms with Gasteiger partial charge in [-0.3, -0.25) is 19.7 Å². The molecule has 26 heavy (non-hydrogen) atoms. The minimum atomic E-state index is -0.522. The molecular formula is C18H19N3O5. The summed E-state index contributed by atoms with van der Waals surface area (Å²) in [6.07, 6.45) is 0.236. The van der Waals surface area contributed by atoms with E-state index in [1.807, 2.05) is 0 Å². The summed E-state index contributed by atoms with van der Waals surface area (Å²) in [6.45, 7) is 0.915. The summed E-state index contributed by atoms with van der Waals surface area (Å²) in [5.41, 5.74) is 1.62. The zero-order chi connectivity index (χ0) is 18.9. The molecule has 0 saturated carbocycles. The Morgan fingerprint density at radius 3 is 2.31 bits per heavy atom. The third kappa shape index (κ3) is 5.67. The van der Waals surface area contributed by atoms with E-state index in [1.165, 1.54) is 24.3 Å². The molecule has 0 aromatic heterocycles. The van der Waals surface area contributed by atoms with E-state index in [0.717, 1.165) is 5.56 Å². The highest BCUT2D eigenvalue weighted by atomic mass is 16.6. The number of nitro benzene ring substituents is 1. The van der Waals surface area contributed by atoms with Gasteiger partial charge < -0.3 is 15.4 Å². The highest BCUT2D eigenvalue weighted by molar-refractivity contribution is 6.04. The molecule has 2 aromatic rings. The van der Waals surface area contributed by atoms with Crippen LogP contribution in [0.1, 0.15) is 15.9 Å². The van der Waals surface area contributed by atoms with Crippen molar-refractivity contribution in [2.24, 2.45) is 0 Å². The molecule has 8 nitrogen and oxygen atoms in total. The van der Waals surface area contributed by atoms with Crippen molar-refractivity contribution in [1.29, 1.82) is 0 Å². The SMILES string of the molecule is COCCNC(=O)Cc1ccc(NC(=O)c2ccc([N+](=O)[O-])cc2)cc1. The first-order valence-electron chi connectivity index (χ1n) is 7.90. The number of non-ortho nitro benzene ring substituents is 1. The first-order chi connectivity index (χ1) is 12.5. The number of methoxy groups -OCH3 is 1. The van der Waals surface area contributed by atoms with E-state index < -0.39 is 4.92 Å². The van der Waals surface area contributed by atoms with Crippen LogP contribution in [-0.4, -0.2) is 37.0 Å². The number of nitrogens with one attached hydrogen (secondary N) is 2. The second-order valence-electron chi connectivity index (χ2n) is 5.47. The Labute approximate surface area is 150 Å². The van der Waals surface area contributed by atoms with Gasteiger partial charge in [0.1, 0.15) is 0 Å². The maximum atomic E-state index is 12.1. The van der Waals surface area contributed by atoms with Gasteiger partial charge in [-0.05, 0) is 29.8 Å². The second-order valence-corrected chi connectivity index (χ2v) is 5.47. The number of rotatable bonds is 8. The van der Waals surface area contributed by atoms with Crippen LogP contribution in [0, 0.1) is 10.1 Å². The molecule has 0 fully saturated rings. The lowest BCUT2D eigenvalue weighted by atomic mass is 10.1. The van der Waals surface area contributed by atoms with Crippen molar-refractivity contribution in [3.8, 4) is 0 Å². The Bertz CT molecular complexity index is 772. The topological polar surface area (TPSA) is 111 Å². The van der Waals surface area contributed by atoms with Crippen molar-refractivity contribution < 1.29 is 19.2 Å². The second kappa shape index (κ2) is 9.28. The predicted molar refractivity (Wildman–Crippen MR) is 96.1 cm³/mol. The predicted octanol–water partition coefficient (Wildman–Crippen LogP) is 2.15. The molecule has 0 aliphatic carbocycles. The van der Waals surface area contributed by atoms with Crippen LogP contribution in [0.5, 0.6) is 0 Å². The molecule has 2 N–H and O–H groups in total. The number of ether oxygens (including phenoxy) is 1. The van der Waals surface area contributed by atoms with Crippen LogP contribution in [0.3, 0.4) is 0 Å². The number of amides is 2. The highest BCUT2D eigenvalue weighted by Gasteiger charge is 2.10. The zero-order valence-corrected chi connectivity index (χ0v) is 14.2. The molecule has 0 aliphatic heterocycles. The van der Waals surface area contributed by atoms with E-state index in [1.54, 1.807) is 31.4 Å². The van der Waals surface area contributed by atoms with Gasteiger partial charge in [0.25, 0.3) is 11.6 Å². The quantitative estimate of drug-likeness (QED) is 0.427. The van der Waals surface area contributed by atoms with Crippen molar-refractivity contribution in [1.82, 2.24) is 5.32 Å². The number of benzene rings is 2. The van der Waals surface area contributed by atoms with E-state index in [-0.39, 0.29) is 23.9 Å². The summed E-state index contributed by atoms with van der Waals surface area (Å²) in [5, 5.41) is 16.1. The number of carbonyl (C=O) groups excluding carboxylic acids is 2. The van der Waals surface area contributed by atoms with Gasteiger partial charge in [-0.1, -0.05) is 12.1 Å². The Morgan fingerprint density at radius 2 is 1.73 bits per heavy atom. The van der Waals surface area contributed by atoms with Crippen molar-refractivity contribution in [3.63, 3.8) is 0 Å². The molecule has 8 heteroatoms. The lowest BCUT2D eigenvalue weighted by molar-refractivity contribution is -0.384. The maximum absolute atomic E-state index is 12.1. The summed E-state index contributed by atoms with van der Waals surface area (Å²) in [4.78, 5) is 34.0. The molecule has 0 heterocycles. The van der Waals surface area contributed by atoms with E-state index in [4.69, 9.17) is 4.74 Å². The summed E-state index contributed by atoms with van der Waals surface area (Å²) >= 11 is 0. The van der Waals surface area contributed by atoms with E-state index in [2.05, 4.69) is 10.6 Å². The van der Waals surface area contributed by atoms with Crippen LogP contribution in [-0.2, 0) is 16.0 Å². The zero-order valence-electron chi connectivity index (χ0n) is 14.2. The summed E-state index contributed by atoms with van der Waals surface area (Å²) in [7, 11) is 1.57. The standard InChI is InChI=1S/C18H19N3O5/c1-26-11-10-19-17(22)12-13-2-6-15(7-3-13)20-18(23)14-4-8-16(9-5-14)21(24)25/h2-9H,10-12H2,1H3,(H,19,22)(H,20,23). The van der Waals surface area contributed by atoms with Gasteiger partial charge in [0.15, 0.2) is 0 Å². The van der Waals surface area contributed by atoms with Crippen molar-refractivity contribution in [3.05, 3.63) is 69.8 Å². The van der Waals surface area contributed by atoms with Crippen LogP contribution in [0.15, 0.2) is 48.5 Å². The van der Waals surface area contributed by atoms with Gasteiger partial charge >= 0.3 is 0 Å². The van der Waals surface area contributed by atoms with Crippen molar-refractivity contribution >= 4 is 23.2 Å². The molecule has 2 aromatic carbocycles. The summed E-state index contributed by atoms with van der Waals surface area (Å²) in [6, 6.07) is 12.2. The molecule has 0 unspecified atom stereocenters. The van der Waals surface area contributed by atoms with Gasteiger partial charge in [0, 0.05) is 37.0 Å². The fourth-order valence-electron chi connectivity index (χ4n) is 2.18. The number of nitro groups is 1. The Kier molecular flexibility index (Phi) is 6.81. The molecule has 0 aliphatic rings. The first-order valence-corrected chi connectivity index (χ1v) is 7.90. The van der Waals surface area contributed by atoms with E-state index in [0.29, 0.717) is 24.4 Å². The van der Waals surface area contributed by atoms with Crippen molar-refractivity contribution in [2.75, 3.05) is 25.6 Å². The molecular weight excluding hydrogens is 338 g/mol. The minimum Gasteiger partial charge on any atom is -0.383 e. The van der Waals surface area contributed by atoms with Crippen LogP contribution < -0.4 is 10.6 Å². The van der Waals surface area contributed by atoms with Crippen LogP contribution in [0.4, 0.5) is 11.4 Å². The largest absolute Gasteiger partial charge is 0.383 e. The molecule has 0 bridgehead atoms. The number of anilines is 1. The molecule has 0 spiro atoms. The van der Waals surface area contributed by atoms with Crippen LogP contribution in [0.2, 0.25) is 0 Å². The Balaban J connectivity index is 1.90. The molecule has 2 rings (SSSR count). The Hall–Kier alpha value is -3.26. The smallest absolute Gasteiger partial charge is 0.269 e. The Morgan fingerprint density at radius 1 is 1.08 bits per heavy atom.